The minimum absolute atomic E-state index is 0.00874. The Hall–Kier alpha value is -1.61. The van der Waals surface area contributed by atoms with Crippen LogP contribution in [0.5, 0.6) is 0 Å². The van der Waals surface area contributed by atoms with E-state index in [1.807, 2.05) is 18.2 Å². The van der Waals surface area contributed by atoms with Crippen molar-refractivity contribution in [2.24, 2.45) is 0 Å². The smallest absolute Gasteiger partial charge is 0.251 e. The van der Waals surface area contributed by atoms with E-state index in [9.17, 15) is 4.79 Å². The average molecular weight is 329 g/mol. The Labute approximate surface area is 141 Å². The van der Waals surface area contributed by atoms with Gasteiger partial charge in [0, 0.05) is 22.7 Å². The zero-order valence-corrected chi connectivity index (χ0v) is 14.0. The van der Waals surface area contributed by atoms with E-state index in [0.29, 0.717) is 11.6 Å². The second-order valence-corrected chi connectivity index (χ2v) is 7.12. The van der Waals surface area contributed by atoms with Crippen LogP contribution in [0, 0.1) is 0 Å². The summed E-state index contributed by atoms with van der Waals surface area (Å²) in [7, 11) is 0. The number of benzene rings is 1. The lowest BCUT2D eigenvalue weighted by atomic mass is 9.94. The number of carbonyl (C=O) groups is 1. The van der Waals surface area contributed by atoms with Gasteiger partial charge in [-0.1, -0.05) is 30.5 Å². The second-order valence-electron chi connectivity index (χ2n) is 6.74. The average Bonchev–Trinajstić information content (AvgIpc) is 3.07. The molecule has 1 fully saturated rings. The molecule has 0 atom stereocenters. The van der Waals surface area contributed by atoms with Crippen LogP contribution >= 0.6 is 11.6 Å². The number of hydrogen-bond donors (Lipinski definition) is 1. The van der Waals surface area contributed by atoms with Gasteiger partial charge in [-0.2, -0.15) is 0 Å². The molecule has 1 N–H and O–H groups in total. The summed E-state index contributed by atoms with van der Waals surface area (Å²) in [5, 5.41) is 4.93. The number of carbonyl (C=O) groups excluding carboxylic acids is 1. The molecule has 0 radical (unpaired) electrons. The number of nitrogens with zero attached hydrogens (tertiary/aromatic N) is 1. The first kappa shape index (κ1) is 14.9. The maximum atomic E-state index is 12.4. The molecule has 1 aromatic heterocycles. The van der Waals surface area contributed by atoms with Crippen molar-refractivity contribution < 1.29 is 4.79 Å². The number of rotatable bonds is 2. The third-order valence-electron chi connectivity index (χ3n) is 5.15. The molecular weight excluding hydrogens is 308 g/mol. The number of aromatic nitrogens is 1. The second kappa shape index (κ2) is 6.12. The van der Waals surface area contributed by atoms with Gasteiger partial charge in [0.2, 0.25) is 0 Å². The van der Waals surface area contributed by atoms with Crippen molar-refractivity contribution in [3.63, 3.8) is 0 Å². The molecule has 23 heavy (non-hydrogen) atoms. The molecule has 2 aliphatic rings. The van der Waals surface area contributed by atoms with Crippen molar-refractivity contribution >= 4 is 28.4 Å². The summed E-state index contributed by atoms with van der Waals surface area (Å²) in [6, 6.07) is 6.04. The number of hydrogen-bond acceptors (Lipinski definition) is 2. The van der Waals surface area contributed by atoms with Crippen LogP contribution in [0.4, 0.5) is 0 Å². The third kappa shape index (κ3) is 2.83. The Kier molecular flexibility index (Phi) is 3.98. The minimum Gasteiger partial charge on any atom is -0.349 e. The molecule has 4 rings (SSSR count). The Bertz CT molecular complexity index is 766. The molecule has 0 saturated heterocycles. The van der Waals surface area contributed by atoms with E-state index in [1.54, 1.807) is 0 Å². The number of amides is 1. The van der Waals surface area contributed by atoms with Gasteiger partial charge >= 0.3 is 0 Å². The van der Waals surface area contributed by atoms with E-state index in [4.69, 9.17) is 16.6 Å². The molecule has 0 unspecified atom stereocenters. The first-order chi connectivity index (χ1) is 11.2. The SMILES string of the molecule is O=C(NC1CCCC1)c1ccc2c(Cl)c3c(nc2c1)CCCC3. The molecule has 1 heterocycles. The molecule has 0 aliphatic heterocycles. The quantitative estimate of drug-likeness (QED) is 0.885. The lowest BCUT2D eigenvalue weighted by Gasteiger charge is -2.18. The Morgan fingerprint density at radius 3 is 2.74 bits per heavy atom. The minimum atomic E-state index is 0.00874. The van der Waals surface area contributed by atoms with E-state index in [0.717, 1.165) is 47.3 Å². The number of pyridine rings is 1. The summed E-state index contributed by atoms with van der Waals surface area (Å²) < 4.78 is 0. The van der Waals surface area contributed by atoms with Crippen molar-refractivity contribution in [3.05, 3.63) is 40.0 Å². The molecule has 4 heteroatoms. The molecule has 0 bridgehead atoms. The molecule has 0 spiro atoms. The van der Waals surface area contributed by atoms with Gasteiger partial charge in [0.25, 0.3) is 5.91 Å². The molecular formula is C19H21ClN2O. The zero-order valence-electron chi connectivity index (χ0n) is 13.2. The summed E-state index contributed by atoms with van der Waals surface area (Å²) in [4.78, 5) is 17.2. The van der Waals surface area contributed by atoms with Crippen LogP contribution in [-0.2, 0) is 12.8 Å². The molecule has 1 saturated carbocycles. The van der Waals surface area contributed by atoms with Gasteiger partial charge in [0.1, 0.15) is 0 Å². The summed E-state index contributed by atoms with van der Waals surface area (Å²) in [5.74, 6) is 0.00874. The fourth-order valence-electron chi connectivity index (χ4n) is 3.85. The van der Waals surface area contributed by atoms with Crippen LogP contribution in [0.3, 0.4) is 0 Å². The summed E-state index contributed by atoms with van der Waals surface area (Å²) in [5.41, 5.74) is 3.84. The summed E-state index contributed by atoms with van der Waals surface area (Å²) in [6.07, 6.45) is 8.97. The van der Waals surface area contributed by atoms with E-state index >= 15 is 0 Å². The summed E-state index contributed by atoms with van der Waals surface area (Å²) >= 11 is 6.59. The van der Waals surface area contributed by atoms with Gasteiger partial charge in [-0.15, -0.1) is 0 Å². The van der Waals surface area contributed by atoms with Gasteiger partial charge in [-0.3, -0.25) is 9.78 Å². The van der Waals surface area contributed by atoms with Crippen molar-refractivity contribution in [3.8, 4) is 0 Å². The molecule has 2 aliphatic carbocycles. The van der Waals surface area contributed by atoms with Crippen LogP contribution in [0.15, 0.2) is 18.2 Å². The van der Waals surface area contributed by atoms with Crippen LogP contribution < -0.4 is 5.32 Å². The number of aryl methyl sites for hydroxylation is 1. The predicted molar refractivity (Wildman–Crippen MR) is 93.1 cm³/mol. The van der Waals surface area contributed by atoms with Crippen LogP contribution in [0.25, 0.3) is 10.9 Å². The fraction of sp³-hybridized carbons (Fsp3) is 0.474. The van der Waals surface area contributed by atoms with E-state index in [-0.39, 0.29) is 5.91 Å². The van der Waals surface area contributed by atoms with E-state index < -0.39 is 0 Å². The van der Waals surface area contributed by atoms with Gasteiger partial charge in [0.15, 0.2) is 0 Å². The maximum Gasteiger partial charge on any atom is 0.251 e. The highest BCUT2D eigenvalue weighted by atomic mass is 35.5. The largest absolute Gasteiger partial charge is 0.349 e. The van der Waals surface area contributed by atoms with Crippen molar-refractivity contribution in [1.29, 1.82) is 0 Å². The molecule has 3 nitrogen and oxygen atoms in total. The first-order valence-electron chi connectivity index (χ1n) is 8.64. The van der Waals surface area contributed by atoms with Crippen LogP contribution in [0.1, 0.15) is 60.1 Å². The lowest BCUT2D eigenvalue weighted by Crippen LogP contribution is -2.32. The number of nitrogens with one attached hydrogen (secondary N) is 1. The van der Waals surface area contributed by atoms with Crippen LogP contribution in [0.2, 0.25) is 5.02 Å². The Morgan fingerprint density at radius 2 is 1.91 bits per heavy atom. The normalized spacial score (nSPS) is 18.1. The lowest BCUT2D eigenvalue weighted by molar-refractivity contribution is 0.0938. The summed E-state index contributed by atoms with van der Waals surface area (Å²) in [6.45, 7) is 0. The molecule has 2 aromatic rings. The topological polar surface area (TPSA) is 42.0 Å². The molecule has 1 aromatic carbocycles. The van der Waals surface area contributed by atoms with Gasteiger partial charge < -0.3 is 5.32 Å². The highest BCUT2D eigenvalue weighted by molar-refractivity contribution is 6.36. The highest BCUT2D eigenvalue weighted by Gasteiger charge is 2.20. The highest BCUT2D eigenvalue weighted by Crippen LogP contribution is 2.33. The van der Waals surface area contributed by atoms with Crippen molar-refractivity contribution in [2.45, 2.75) is 57.4 Å². The van der Waals surface area contributed by atoms with Gasteiger partial charge in [0.05, 0.1) is 10.5 Å². The van der Waals surface area contributed by atoms with E-state index in [2.05, 4.69) is 5.32 Å². The van der Waals surface area contributed by atoms with E-state index in [1.165, 1.54) is 31.2 Å². The number of halogens is 1. The third-order valence-corrected chi connectivity index (χ3v) is 5.58. The molecule has 120 valence electrons. The Morgan fingerprint density at radius 1 is 1.13 bits per heavy atom. The Balaban J connectivity index is 1.68. The fourth-order valence-corrected chi connectivity index (χ4v) is 4.21. The molecule has 1 amide bonds. The van der Waals surface area contributed by atoms with Crippen LogP contribution in [-0.4, -0.2) is 16.9 Å². The van der Waals surface area contributed by atoms with Gasteiger partial charge in [-0.05, 0) is 56.2 Å². The zero-order chi connectivity index (χ0) is 15.8. The van der Waals surface area contributed by atoms with Crippen molar-refractivity contribution in [2.75, 3.05) is 0 Å². The number of fused-ring (bicyclic) bond motifs is 2. The predicted octanol–water partition coefficient (Wildman–Crippen LogP) is 4.44. The monoisotopic (exact) mass is 328 g/mol. The maximum absolute atomic E-state index is 12.4. The standard InChI is InChI=1S/C19H21ClN2O/c20-18-14-7-3-4-8-16(14)22-17-11-12(9-10-15(17)18)19(23)21-13-5-1-2-6-13/h9-11,13H,1-8H2,(H,21,23). The van der Waals surface area contributed by atoms with Crippen molar-refractivity contribution in [1.82, 2.24) is 10.3 Å². The van der Waals surface area contributed by atoms with Gasteiger partial charge in [-0.25, -0.2) is 0 Å². The first-order valence-corrected chi connectivity index (χ1v) is 9.02.